The third kappa shape index (κ3) is 22.6. The zero-order valence-electron chi connectivity index (χ0n) is 57.2. The van der Waals surface area contributed by atoms with Crippen LogP contribution in [-0.4, -0.2) is 239 Å². The number of thioether (sulfide) groups is 1. The smallest absolute Gasteiger partial charge is 0.246 e. The van der Waals surface area contributed by atoms with Crippen LogP contribution in [-0.2, 0) is 52.7 Å². The molecule has 0 aliphatic carbocycles. The summed E-state index contributed by atoms with van der Waals surface area (Å²) in [7, 11) is 9.97. The first-order valence-electron chi connectivity index (χ1n) is 31.1. The molecule has 12 atom stereocenters. The summed E-state index contributed by atoms with van der Waals surface area (Å²) in [6.07, 6.45) is 4.79. The molecule has 498 valence electrons. The first-order valence-corrected chi connectivity index (χ1v) is 32.5. The Morgan fingerprint density at radius 2 is 0.920 bits per heavy atom. The summed E-state index contributed by atoms with van der Waals surface area (Å²) < 4.78 is 0. The largest absolute Gasteiger partial charge is 0.390 e. The van der Waals surface area contributed by atoms with E-state index in [2.05, 4.69) is 21.3 Å². The Balaban J connectivity index is 4.39. The lowest BCUT2D eigenvalue weighted by molar-refractivity contribution is -0.157. The number of allylic oxidation sites excluding steroid dienone is 2. The number of rotatable bonds is 17. The molecule has 11 amide bonds. The molecule has 5 N–H and O–H groups in total. The minimum absolute atomic E-state index is 0.0222. The van der Waals surface area contributed by atoms with Gasteiger partial charge in [-0.2, -0.15) is 11.8 Å². The maximum atomic E-state index is 15.2. The van der Waals surface area contributed by atoms with Crippen LogP contribution in [0.1, 0.15) is 149 Å². The Labute approximate surface area is 525 Å². The second kappa shape index (κ2) is 36.6. The topological polar surface area (TPSA) is 279 Å². The van der Waals surface area contributed by atoms with Crippen LogP contribution >= 0.6 is 11.8 Å². The number of likely N-dealkylation sites (N-methyl/N-ethyl adjacent to an activating group) is 7. The number of aliphatic hydroxyl groups is 1. The fourth-order valence-electron chi connectivity index (χ4n) is 10.9. The number of nitrogens with zero attached hydrogens (tertiary/aromatic N) is 7. The molecule has 1 rings (SSSR count). The molecule has 1 aliphatic rings. The summed E-state index contributed by atoms with van der Waals surface area (Å²) in [4.78, 5) is 170. The van der Waals surface area contributed by atoms with Gasteiger partial charge < -0.3 is 60.7 Å². The minimum atomic E-state index is -1.61. The monoisotopic (exact) mass is 1250 g/mol. The number of amides is 11. The molecule has 1 aliphatic heterocycles. The maximum Gasteiger partial charge on any atom is 0.246 e. The lowest BCUT2D eigenvalue weighted by Gasteiger charge is -2.41. The maximum absolute atomic E-state index is 15.2. The third-order valence-corrected chi connectivity index (χ3v) is 17.0. The molecular weight excluding hydrogens is 1130 g/mol. The Hall–Kier alpha value is -5.78. The Bertz CT molecular complexity index is 2370. The van der Waals surface area contributed by atoms with Gasteiger partial charge in [-0.05, 0) is 100 Å². The van der Waals surface area contributed by atoms with E-state index >= 15 is 14.4 Å². The van der Waals surface area contributed by atoms with Crippen molar-refractivity contribution in [3.05, 3.63) is 12.2 Å². The van der Waals surface area contributed by atoms with Crippen molar-refractivity contribution in [1.82, 2.24) is 55.6 Å². The Kier molecular flexibility index (Phi) is 33.4. The van der Waals surface area contributed by atoms with E-state index in [0.29, 0.717) is 6.42 Å². The van der Waals surface area contributed by atoms with Crippen molar-refractivity contribution in [1.29, 1.82) is 0 Å². The molecule has 87 heavy (non-hydrogen) atoms. The zero-order chi connectivity index (χ0) is 67.4. The van der Waals surface area contributed by atoms with Gasteiger partial charge in [0.15, 0.2) is 0 Å². The normalized spacial score (nSPS) is 26.6. The fourth-order valence-corrected chi connectivity index (χ4v) is 11.4. The molecule has 0 radical (unpaired) electrons. The predicted octanol–water partition coefficient (Wildman–Crippen LogP) is 3.61. The SMILES string of the molecule is C/C=C/C[C@@H](C)[C@@H](O)[C@H]1C(=O)N[C@@H](CC)C(=O)N(C)CC(=O)N(C)[C@@H](CC(C)C)C(=O)N[C@@H](C(C)C)C(=O)N(C)[C@@H](CC(C)C)C(=O)N[C@@H](C)C(=O)N[C@H](CSC)C(=O)N(C)[C@@H](CC(C)C)C(=O)N(C)[C@@H](CC(C)C)C(=O)N(C)[C@@H](C(C)C)C(=O)N1C. The highest BCUT2D eigenvalue weighted by molar-refractivity contribution is 7.98. The summed E-state index contributed by atoms with van der Waals surface area (Å²) in [5, 5.41) is 23.3. The van der Waals surface area contributed by atoms with Crippen LogP contribution in [0.2, 0.25) is 0 Å². The predicted molar refractivity (Wildman–Crippen MR) is 341 cm³/mol. The van der Waals surface area contributed by atoms with Gasteiger partial charge in [-0.25, -0.2) is 0 Å². The van der Waals surface area contributed by atoms with Gasteiger partial charge in [0.1, 0.15) is 60.4 Å². The highest BCUT2D eigenvalue weighted by Gasteiger charge is 2.46. The summed E-state index contributed by atoms with van der Waals surface area (Å²) in [6.45, 7) is 28.0. The molecule has 1 fully saturated rings. The van der Waals surface area contributed by atoms with Crippen molar-refractivity contribution in [2.45, 2.75) is 216 Å². The van der Waals surface area contributed by atoms with E-state index in [0.717, 1.165) is 9.80 Å². The van der Waals surface area contributed by atoms with Crippen LogP contribution in [0, 0.1) is 41.4 Å². The first-order chi connectivity index (χ1) is 40.2. The highest BCUT2D eigenvalue weighted by atomic mass is 32.2. The van der Waals surface area contributed by atoms with Gasteiger partial charge in [0.25, 0.3) is 0 Å². The van der Waals surface area contributed by atoms with E-state index in [1.54, 1.807) is 60.8 Å². The van der Waals surface area contributed by atoms with Crippen LogP contribution in [0.25, 0.3) is 0 Å². The average Bonchev–Trinajstić information content (AvgIpc) is 1.08. The van der Waals surface area contributed by atoms with Gasteiger partial charge in [-0.3, -0.25) is 52.7 Å². The van der Waals surface area contributed by atoms with Gasteiger partial charge >= 0.3 is 0 Å². The molecular formula is C63H113N11O12S. The van der Waals surface area contributed by atoms with E-state index < -0.39 is 156 Å². The molecule has 1 heterocycles. The van der Waals surface area contributed by atoms with Crippen molar-refractivity contribution >= 4 is 76.7 Å². The number of aliphatic hydroxyl groups excluding tert-OH is 1. The first kappa shape index (κ1) is 79.2. The second-order valence-corrected chi connectivity index (χ2v) is 27.3. The number of hydrogen-bond donors (Lipinski definition) is 5. The Morgan fingerprint density at radius 1 is 0.494 bits per heavy atom. The number of carbonyl (C=O) groups excluding carboxylic acids is 11. The lowest BCUT2D eigenvalue weighted by Crippen LogP contribution is -2.63. The minimum Gasteiger partial charge on any atom is -0.390 e. The molecule has 23 nitrogen and oxygen atoms in total. The number of nitrogens with one attached hydrogen (secondary N) is 4. The average molecular weight is 1250 g/mol. The van der Waals surface area contributed by atoms with E-state index in [1.807, 2.05) is 61.5 Å². The van der Waals surface area contributed by atoms with Crippen LogP contribution in [0.3, 0.4) is 0 Å². The Morgan fingerprint density at radius 3 is 1.37 bits per heavy atom. The van der Waals surface area contributed by atoms with Crippen LogP contribution in [0.4, 0.5) is 0 Å². The van der Waals surface area contributed by atoms with Crippen molar-refractivity contribution in [2.75, 3.05) is 67.9 Å². The standard InChI is InChI=1S/C63H113N11O12S/c1-25-27-28-41(15)53(76)52-57(80)65-43(26-2)58(81)68(17)33-49(75)69(18)45(29-35(3)4)56(79)67-50(39(11)12)62(85)70(19)46(30-36(5)6)55(78)64-42(16)54(77)66-44(34-87-24)59(82)71(20)47(31-37(7)8)60(83)72(21)48(32-38(9)10)61(84)73(22)51(40(13)14)63(86)74(52)23/h25,27,35-48,50-53,76H,26,28-34H2,1-24H3,(H,64,78)(H,65,80)(H,66,77)(H,67,79)/b27-25+/t41-,42+,43+,44-,45+,46+,47+,48+,50+,51+,52+,53-/m1/s1. The lowest BCUT2D eigenvalue weighted by atomic mass is 9.91. The van der Waals surface area contributed by atoms with Crippen molar-refractivity contribution in [3.8, 4) is 0 Å². The highest BCUT2D eigenvalue weighted by Crippen LogP contribution is 2.26. The molecule has 0 aromatic carbocycles. The molecule has 1 saturated heterocycles. The second-order valence-electron chi connectivity index (χ2n) is 26.4. The molecule has 0 aromatic heterocycles. The van der Waals surface area contributed by atoms with Gasteiger partial charge in [0, 0.05) is 55.1 Å². The third-order valence-electron chi connectivity index (χ3n) is 16.3. The van der Waals surface area contributed by atoms with Gasteiger partial charge in [-0.1, -0.05) is 109 Å². The van der Waals surface area contributed by atoms with Crippen molar-refractivity contribution in [3.63, 3.8) is 0 Å². The van der Waals surface area contributed by atoms with Gasteiger partial charge in [-0.15, -0.1) is 0 Å². The van der Waals surface area contributed by atoms with Crippen molar-refractivity contribution < 1.29 is 57.8 Å². The summed E-state index contributed by atoms with van der Waals surface area (Å²) in [5.41, 5.74) is 0. The summed E-state index contributed by atoms with van der Waals surface area (Å²) in [6, 6.07) is -12.3. The van der Waals surface area contributed by atoms with Crippen LogP contribution in [0.5, 0.6) is 0 Å². The fraction of sp³-hybridized carbons (Fsp3) is 0.794. The van der Waals surface area contributed by atoms with E-state index in [4.69, 9.17) is 0 Å². The number of carbonyl (C=O) groups is 11. The summed E-state index contributed by atoms with van der Waals surface area (Å²) in [5.74, 6) is -9.59. The zero-order valence-corrected chi connectivity index (χ0v) is 58.0. The van der Waals surface area contributed by atoms with Gasteiger partial charge in [0.05, 0.1) is 12.6 Å². The molecule has 0 bridgehead atoms. The molecule has 0 spiro atoms. The van der Waals surface area contributed by atoms with Crippen LogP contribution in [0.15, 0.2) is 12.2 Å². The summed E-state index contributed by atoms with van der Waals surface area (Å²) >= 11 is 1.27. The molecule has 0 unspecified atom stereocenters. The number of hydrogen-bond acceptors (Lipinski definition) is 13. The van der Waals surface area contributed by atoms with Crippen LogP contribution < -0.4 is 21.3 Å². The molecule has 24 heteroatoms. The van der Waals surface area contributed by atoms with E-state index in [9.17, 15) is 43.5 Å². The van der Waals surface area contributed by atoms with E-state index in [1.165, 1.54) is 92.5 Å². The van der Waals surface area contributed by atoms with Crippen molar-refractivity contribution in [2.24, 2.45) is 41.4 Å². The van der Waals surface area contributed by atoms with Gasteiger partial charge in [0.2, 0.25) is 65.0 Å². The molecule has 0 aromatic rings. The molecule has 0 saturated carbocycles. The van der Waals surface area contributed by atoms with E-state index in [-0.39, 0.29) is 61.5 Å². The quantitative estimate of drug-likeness (QED) is 0.130.